The largest absolute Gasteiger partial charge is 0.573 e. The molecule has 1 aromatic carbocycles. The van der Waals surface area contributed by atoms with E-state index in [-0.39, 0.29) is 46.2 Å². The van der Waals surface area contributed by atoms with Gasteiger partial charge in [-0.15, -0.1) is 13.2 Å². The number of alkyl halides is 3. The highest BCUT2D eigenvalue weighted by Gasteiger charge is 2.31. The minimum Gasteiger partial charge on any atom is -0.406 e. The molecule has 14 heteroatoms. The Labute approximate surface area is 220 Å². The lowest BCUT2D eigenvalue weighted by atomic mass is 9.91. The van der Waals surface area contributed by atoms with Crippen LogP contribution in [0.5, 0.6) is 5.75 Å². The fourth-order valence-corrected chi connectivity index (χ4v) is 4.11. The van der Waals surface area contributed by atoms with Crippen molar-refractivity contribution >= 4 is 34.8 Å². The molecule has 0 bridgehead atoms. The van der Waals surface area contributed by atoms with Gasteiger partial charge in [0.25, 0.3) is 11.8 Å². The monoisotopic (exact) mass is 547 g/mol. The number of hydrogen-bond donors (Lipinski definition) is 5. The van der Waals surface area contributed by atoms with E-state index in [4.69, 9.17) is 11.5 Å². The van der Waals surface area contributed by atoms with E-state index in [0.29, 0.717) is 0 Å². The maximum Gasteiger partial charge on any atom is 0.573 e. The van der Waals surface area contributed by atoms with Crippen LogP contribution in [0.3, 0.4) is 0 Å². The fraction of sp³-hybridized carbons (Fsp3) is 0.280. The van der Waals surface area contributed by atoms with Crippen LogP contribution in [-0.2, 0) is 0 Å². The van der Waals surface area contributed by atoms with E-state index in [1.54, 1.807) is 0 Å². The lowest BCUT2D eigenvalue weighted by Gasteiger charge is -2.30. The number of nitrogens with two attached hydrogens (primary N) is 2. The molecule has 0 saturated heterocycles. The molecular formula is C25H25F4N7O3. The average molecular weight is 548 g/mol. The van der Waals surface area contributed by atoms with E-state index < -0.39 is 29.7 Å². The van der Waals surface area contributed by atoms with E-state index in [0.717, 1.165) is 43.9 Å². The first-order chi connectivity index (χ1) is 18.5. The number of pyridine rings is 2. The lowest BCUT2D eigenvalue weighted by molar-refractivity contribution is -0.274. The Bertz CT molecular complexity index is 1350. The number of amides is 2. The van der Waals surface area contributed by atoms with Crippen molar-refractivity contribution in [2.75, 3.05) is 16.0 Å². The Morgan fingerprint density at radius 3 is 2.36 bits per heavy atom. The molecular weight excluding hydrogens is 522 g/mol. The number of aromatic nitrogens is 2. The summed E-state index contributed by atoms with van der Waals surface area (Å²) in [6.45, 7) is 0. The molecule has 2 atom stereocenters. The highest BCUT2D eigenvalue weighted by molar-refractivity contribution is 6.04. The molecule has 1 aliphatic rings. The number of carbonyl (C=O) groups excluding carboxylic acids is 2. The summed E-state index contributed by atoms with van der Waals surface area (Å²) in [5, 5.41) is 8.45. The molecule has 10 nitrogen and oxygen atoms in total. The molecule has 0 spiro atoms. The second-order valence-corrected chi connectivity index (χ2v) is 8.89. The first-order valence-corrected chi connectivity index (χ1v) is 11.9. The first-order valence-electron chi connectivity index (χ1n) is 11.9. The van der Waals surface area contributed by atoms with Gasteiger partial charge in [-0.2, -0.15) is 0 Å². The Hall–Kier alpha value is -4.46. The lowest BCUT2D eigenvalue weighted by Crippen LogP contribution is -2.43. The molecule has 7 N–H and O–H groups in total. The van der Waals surface area contributed by atoms with Crippen LogP contribution < -0.4 is 32.2 Å². The van der Waals surface area contributed by atoms with E-state index in [1.165, 1.54) is 30.6 Å². The highest BCUT2D eigenvalue weighted by Crippen LogP contribution is 2.28. The molecule has 3 aromatic rings. The van der Waals surface area contributed by atoms with Crippen molar-refractivity contribution in [1.29, 1.82) is 0 Å². The summed E-state index contributed by atoms with van der Waals surface area (Å²) in [5.74, 6) is -2.91. The summed E-state index contributed by atoms with van der Waals surface area (Å²) in [4.78, 5) is 32.8. The van der Waals surface area contributed by atoms with Crippen LogP contribution in [0.15, 0.2) is 48.8 Å². The van der Waals surface area contributed by atoms with Gasteiger partial charge in [-0.1, -0.05) is 12.8 Å². The quantitative estimate of drug-likeness (QED) is 0.261. The molecule has 0 radical (unpaired) electrons. The van der Waals surface area contributed by atoms with E-state index in [2.05, 4.69) is 30.7 Å². The molecule has 1 aliphatic carbocycles. The zero-order chi connectivity index (χ0) is 28.2. The average Bonchev–Trinajstić information content (AvgIpc) is 2.86. The second-order valence-electron chi connectivity index (χ2n) is 8.89. The number of nitrogens with zero attached hydrogens (tertiary/aromatic N) is 2. The molecule has 1 fully saturated rings. The number of rotatable bonds is 8. The van der Waals surface area contributed by atoms with E-state index in [1.807, 2.05) is 0 Å². The van der Waals surface area contributed by atoms with Gasteiger partial charge in [-0.05, 0) is 49.2 Å². The van der Waals surface area contributed by atoms with Crippen LogP contribution in [-0.4, -0.2) is 40.2 Å². The molecule has 39 heavy (non-hydrogen) atoms. The Kier molecular flexibility index (Phi) is 8.14. The molecule has 0 aliphatic heterocycles. The van der Waals surface area contributed by atoms with Crippen molar-refractivity contribution in [3.05, 3.63) is 65.7 Å². The fourth-order valence-electron chi connectivity index (χ4n) is 4.11. The summed E-state index contributed by atoms with van der Waals surface area (Å²) < 4.78 is 55.6. The standard InChI is InChI=1S/C25H25F4N7O3/c26-18-10-17(21(31)37)22(36-23(18)35-20-4-2-1-3-19(20)30)33-14-9-15(12-32-11-14)34-24(38)13-5-7-16(8-6-13)39-25(27,28)29/h5-12,19-20H,1-4,30H2,(H2,31,37)(H,34,38)(H2,33,35,36). The SMILES string of the molecule is NC(=O)c1cc(F)c(NC2CCCCC2N)nc1Nc1cncc(NC(=O)c2ccc(OC(F)(F)F)cc2)c1. The molecule has 206 valence electrons. The van der Waals surface area contributed by atoms with Crippen molar-refractivity contribution < 1.29 is 31.9 Å². The normalized spacial score (nSPS) is 17.3. The topological polar surface area (TPSA) is 157 Å². The molecule has 2 aromatic heterocycles. The van der Waals surface area contributed by atoms with Crippen LogP contribution in [0.25, 0.3) is 0 Å². The highest BCUT2D eigenvalue weighted by atomic mass is 19.4. The van der Waals surface area contributed by atoms with Gasteiger partial charge < -0.3 is 32.2 Å². The first kappa shape index (κ1) is 27.6. The Balaban J connectivity index is 1.50. The van der Waals surface area contributed by atoms with Gasteiger partial charge in [0, 0.05) is 17.6 Å². The van der Waals surface area contributed by atoms with Gasteiger partial charge in [0.15, 0.2) is 11.6 Å². The van der Waals surface area contributed by atoms with Crippen LogP contribution in [0.1, 0.15) is 46.4 Å². The van der Waals surface area contributed by atoms with Crippen LogP contribution in [0, 0.1) is 5.82 Å². The molecule has 2 amide bonds. The summed E-state index contributed by atoms with van der Waals surface area (Å²) in [6, 6.07) is 6.42. The van der Waals surface area contributed by atoms with E-state index >= 15 is 0 Å². The summed E-state index contributed by atoms with van der Waals surface area (Å²) in [5.41, 5.74) is 11.9. The summed E-state index contributed by atoms with van der Waals surface area (Å²) >= 11 is 0. The molecule has 2 unspecified atom stereocenters. The maximum absolute atomic E-state index is 14.8. The van der Waals surface area contributed by atoms with Crippen molar-refractivity contribution in [2.45, 2.75) is 44.1 Å². The second kappa shape index (κ2) is 11.5. The summed E-state index contributed by atoms with van der Waals surface area (Å²) in [6.07, 6.45) is 1.31. The van der Waals surface area contributed by atoms with Crippen LogP contribution in [0.4, 0.5) is 40.6 Å². The minimum absolute atomic E-state index is 0.0405. The Morgan fingerprint density at radius 2 is 1.69 bits per heavy atom. The van der Waals surface area contributed by atoms with Gasteiger partial charge in [-0.3, -0.25) is 14.6 Å². The molecule has 1 saturated carbocycles. The van der Waals surface area contributed by atoms with Crippen molar-refractivity contribution in [1.82, 2.24) is 9.97 Å². The van der Waals surface area contributed by atoms with Gasteiger partial charge >= 0.3 is 6.36 Å². The van der Waals surface area contributed by atoms with Gasteiger partial charge in [0.2, 0.25) is 0 Å². The number of anilines is 4. The summed E-state index contributed by atoms with van der Waals surface area (Å²) in [7, 11) is 0. The maximum atomic E-state index is 14.8. The van der Waals surface area contributed by atoms with Crippen molar-refractivity contribution in [2.24, 2.45) is 11.5 Å². The minimum atomic E-state index is -4.85. The number of benzene rings is 1. The third-order valence-electron chi connectivity index (χ3n) is 5.99. The van der Waals surface area contributed by atoms with Crippen LogP contribution >= 0.6 is 0 Å². The van der Waals surface area contributed by atoms with Crippen molar-refractivity contribution in [3.8, 4) is 5.75 Å². The third-order valence-corrected chi connectivity index (χ3v) is 5.99. The van der Waals surface area contributed by atoms with Gasteiger partial charge in [-0.25, -0.2) is 9.37 Å². The predicted octanol–water partition coefficient (Wildman–Crippen LogP) is 4.29. The Morgan fingerprint density at radius 1 is 1.00 bits per heavy atom. The molecule has 2 heterocycles. The third kappa shape index (κ3) is 7.31. The number of halogens is 4. The number of carbonyl (C=O) groups is 2. The van der Waals surface area contributed by atoms with Crippen LogP contribution in [0.2, 0.25) is 0 Å². The van der Waals surface area contributed by atoms with Gasteiger partial charge in [0.1, 0.15) is 11.6 Å². The smallest absolute Gasteiger partial charge is 0.406 e. The zero-order valence-corrected chi connectivity index (χ0v) is 20.4. The number of ether oxygens (including phenoxy) is 1. The van der Waals surface area contributed by atoms with Crippen molar-refractivity contribution in [3.63, 3.8) is 0 Å². The zero-order valence-electron chi connectivity index (χ0n) is 20.4. The molecule has 4 rings (SSSR count). The predicted molar refractivity (Wildman–Crippen MR) is 135 cm³/mol. The van der Waals surface area contributed by atoms with E-state index in [9.17, 15) is 27.2 Å². The number of hydrogen-bond acceptors (Lipinski definition) is 8. The number of primary amides is 1. The van der Waals surface area contributed by atoms with Gasteiger partial charge in [0.05, 0.1) is 29.3 Å². The number of nitrogens with one attached hydrogen (secondary N) is 3.